The van der Waals surface area contributed by atoms with Crippen LogP contribution in [-0.4, -0.2) is 32.7 Å². The van der Waals surface area contributed by atoms with Crippen LogP contribution in [0.4, 0.5) is 0 Å². The van der Waals surface area contributed by atoms with E-state index >= 15 is 0 Å². The molecule has 1 aromatic heterocycles. The maximum atomic E-state index is 13.3. The Bertz CT molecular complexity index is 992. The highest BCUT2D eigenvalue weighted by molar-refractivity contribution is 7.99. The number of hydrogen-bond acceptors (Lipinski definition) is 4. The van der Waals surface area contributed by atoms with Crippen LogP contribution in [0.3, 0.4) is 0 Å². The Labute approximate surface area is 182 Å². The van der Waals surface area contributed by atoms with Crippen molar-refractivity contribution in [2.45, 2.75) is 75.9 Å². The molecule has 1 aromatic carbocycles. The van der Waals surface area contributed by atoms with Crippen molar-refractivity contribution >= 4 is 28.6 Å². The van der Waals surface area contributed by atoms with E-state index in [4.69, 9.17) is 4.98 Å². The predicted octanol–water partition coefficient (Wildman–Crippen LogP) is 5.30. The second-order valence-electron chi connectivity index (χ2n) is 8.25. The number of benzene rings is 1. The van der Waals surface area contributed by atoms with Crippen LogP contribution in [0.2, 0.25) is 0 Å². The van der Waals surface area contributed by atoms with Gasteiger partial charge in [-0.1, -0.05) is 49.2 Å². The lowest BCUT2D eigenvalue weighted by Crippen LogP contribution is -2.33. The van der Waals surface area contributed by atoms with Crippen molar-refractivity contribution in [1.29, 1.82) is 0 Å². The zero-order valence-corrected chi connectivity index (χ0v) is 18.6. The highest BCUT2D eigenvalue weighted by Crippen LogP contribution is 2.31. The third kappa shape index (κ3) is 4.48. The molecule has 160 valence electrons. The maximum Gasteiger partial charge on any atom is 0.262 e. The van der Waals surface area contributed by atoms with E-state index in [9.17, 15) is 9.59 Å². The van der Waals surface area contributed by atoms with Gasteiger partial charge in [0.05, 0.1) is 16.7 Å². The van der Waals surface area contributed by atoms with Crippen molar-refractivity contribution in [2.24, 2.45) is 0 Å². The number of hydrogen-bond donors (Lipinski definition) is 0. The first-order valence-electron chi connectivity index (χ1n) is 11.3. The average molecular weight is 426 g/mol. The van der Waals surface area contributed by atoms with E-state index in [0.29, 0.717) is 28.4 Å². The Morgan fingerprint density at radius 2 is 1.97 bits per heavy atom. The molecule has 0 atom stereocenters. The van der Waals surface area contributed by atoms with Gasteiger partial charge in [0.25, 0.3) is 5.56 Å². The molecule has 1 fully saturated rings. The van der Waals surface area contributed by atoms with Gasteiger partial charge in [-0.05, 0) is 57.6 Å². The van der Waals surface area contributed by atoms with Crippen LogP contribution in [0.5, 0.6) is 0 Å². The quantitative estimate of drug-likeness (QED) is 0.465. The second kappa shape index (κ2) is 9.82. The van der Waals surface area contributed by atoms with Crippen LogP contribution in [0.1, 0.15) is 70.8 Å². The summed E-state index contributed by atoms with van der Waals surface area (Å²) in [6, 6.07) is 7.73. The molecule has 2 aromatic rings. The summed E-state index contributed by atoms with van der Waals surface area (Å²) in [6.45, 7) is 2.72. The molecule has 0 radical (unpaired) electrons. The van der Waals surface area contributed by atoms with Crippen molar-refractivity contribution in [3.63, 3.8) is 0 Å². The van der Waals surface area contributed by atoms with Crippen molar-refractivity contribution in [1.82, 2.24) is 14.5 Å². The largest absolute Gasteiger partial charge is 0.316 e. The highest BCUT2D eigenvalue weighted by atomic mass is 32.2. The summed E-state index contributed by atoms with van der Waals surface area (Å²) >= 11 is 1.42. The Kier molecular flexibility index (Phi) is 6.93. The van der Waals surface area contributed by atoms with Crippen molar-refractivity contribution in [2.75, 3.05) is 12.3 Å². The first-order chi connectivity index (χ1) is 14.7. The van der Waals surface area contributed by atoms with Crippen molar-refractivity contribution < 1.29 is 4.79 Å². The predicted molar refractivity (Wildman–Crippen MR) is 123 cm³/mol. The Morgan fingerprint density at radius 3 is 2.70 bits per heavy atom. The van der Waals surface area contributed by atoms with E-state index in [2.05, 4.69) is 6.08 Å². The molecule has 1 saturated carbocycles. The molecule has 30 heavy (non-hydrogen) atoms. The highest BCUT2D eigenvalue weighted by Gasteiger charge is 2.24. The minimum atomic E-state index is 0.0322. The first kappa shape index (κ1) is 21.2. The van der Waals surface area contributed by atoms with Crippen LogP contribution in [0, 0.1) is 0 Å². The lowest BCUT2D eigenvalue weighted by molar-refractivity contribution is -0.126. The number of nitrogens with zero attached hydrogens (tertiary/aromatic N) is 3. The summed E-state index contributed by atoms with van der Waals surface area (Å²) in [5.41, 5.74) is 1.90. The zero-order valence-electron chi connectivity index (χ0n) is 17.8. The van der Waals surface area contributed by atoms with E-state index in [1.54, 1.807) is 0 Å². The molecule has 5 nitrogen and oxygen atoms in total. The summed E-state index contributed by atoms with van der Waals surface area (Å²) in [6.07, 6.45) is 12.1. The number of thioether (sulfide) groups is 1. The smallest absolute Gasteiger partial charge is 0.262 e. The summed E-state index contributed by atoms with van der Waals surface area (Å²) < 4.78 is 1.88. The van der Waals surface area contributed by atoms with Gasteiger partial charge in [-0.3, -0.25) is 14.2 Å². The van der Waals surface area contributed by atoms with Gasteiger partial charge in [-0.2, -0.15) is 0 Å². The van der Waals surface area contributed by atoms with Crippen LogP contribution < -0.4 is 5.56 Å². The van der Waals surface area contributed by atoms with E-state index in [0.717, 1.165) is 50.6 Å². The molecule has 0 spiro atoms. The number of fused-ring (bicyclic) bond motifs is 1. The Hall–Kier alpha value is -2.08. The SMILES string of the molecule is CCN(C(=O)CSc1nc2ccccc2c(=O)n1C1CCCCC1)C1=CCCCC1. The number of carbonyl (C=O) groups excluding carboxylic acids is 1. The molecule has 0 bridgehead atoms. The van der Waals surface area contributed by atoms with Gasteiger partial charge in [0, 0.05) is 18.3 Å². The third-order valence-corrected chi connectivity index (χ3v) is 7.21. The van der Waals surface area contributed by atoms with Crippen LogP contribution >= 0.6 is 11.8 Å². The molecule has 1 heterocycles. The third-order valence-electron chi connectivity index (χ3n) is 6.27. The number of allylic oxidation sites excluding steroid dienone is 2. The first-order valence-corrected chi connectivity index (χ1v) is 12.3. The fourth-order valence-electron chi connectivity index (χ4n) is 4.70. The van der Waals surface area contributed by atoms with Gasteiger partial charge in [0.15, 0.2) is 5.16 Å². The summed E-state index contributed by atoms with van der Waals surface area (Å²) in [5.74, 6) is 0.413. The molecular formula is C24H31N3O2S. The molecule has 2 aliphatic rings. The minimum Gasteiger partial charge on any atom is -0.316 e. The van der Waals surface area contributed by atoms with Crippen LogP contribution in [-0.2, 0) is 4.79 Å². The molecule has 4 rings (SSSR count). The average Bonchev–Trinajstić information content (AvgIpc) is 2.79. The van der Waals surface area contributed by atoms with E-state index < -0.39 is 0 Å². The number of rotatable bonds is 6. The lowest BCUT2D eigenvalue weighted by Gasteiger charge is -2.28. The second-order valence-corrected chi connectivity index (χ2v) is 9.19. The summed E-state index contributed by atoms with van der Waals surface area (Å²) in [4.78, 5) is 33.1. The molecule has 0 N–H and O–H groups in total. The number of carbonyl (C=O) groups is 1. The monoisotopic (exact) mass is 425 g/mol. The Balaban J connectivity index is 1.61. The topological polar surface area (TPSA) is 55.2 Å². The molecule has 0 saturated heterocycles. The number of aromatic nitrogens is 2. The van der Waals surface area contributed by atoms with E-state index in [1.165, 1.54) is 24.6 Å². The fourth-order valence-corrected chi connectivity index (χ4v) is 5.64. The van der Waals surface area contributed by atoms with E-state index in [1.807, 2.05) is 40.7 Å². The molecule has 1 amide bonds. The van der Waals surface area contributed by atoms with Gasteiger partial charge >= 0.3 is 0 Å². The molecule has 6 heteroatoms. The van der Waals surface area contributed by atoms with Gasteiger partial charge in [0.1, 0.15) is 0 Å². The summed E-state index contributed by atoms with van der Waals surface area (Å²) in [7, 11) is 0. The maximum absolute atomic E-state index is 13.3. The standard InChI is InChI=1S/C24H31N3O2S/c1-2-26(18-11-5-3-6-12-18)22(28)17-30-24-25-21-16-10-9-15-20(21)23(29)27(24)19-13-7-4-8-14-19/h9-11,15-16,19H,2-8,12-14,17H2,1H3. The van der Waals surface area contributed by atoms with Gasteiger partial charge in [0.2, 0.25) is 5.91 Å². The number of amides is 1. The van der Waals surface area contributed by atoms with Crippen LogP contribution in [0.25, 0.3) is 10.9 Å². The molecular weight excluding hydrogens is 394 g/mol. The van der Waals surface area contributed by atoms with Crippen molar-refractivity contribution in [3.8, 4) is 0 Å². The van der Waals surface area contributed by atoms with Gasteiger partial charge in [-0.15, -0.1) is 0 Å². The number of para-hydroxylation sites is 1. The molecule has 2 aliphatic carbocycles. The van der Waals surface area contributed by atoms with Gasteiger partial charge in [-0.25, -0.2) is 4.98 Å². The van der Waals surface area contributed by atoms with Crippen LogP contribution in [0.15, 0.2) is 46.0 Å². The summed E-state index contributed by atoms with van der Waals surface area (Å²) in [5, 5.41) is 1.36. The fraction of sp³-hybridized carbons (Fsp3) is 0.542. The molecule has 0 unspecified atom stereocenters. The zero-order chi connectivity index (χ0) is 20.9. The van der Waals surface area contributed by atoms with Gasteiger partial charge < -0.3 is 4.90 Å². The minimum absolute atomic E-state index is 0.0322. The Morgan fingerprint density at radius 1 is 1.17 bits per heavy atom. The molecule has 0 aliphatic heterocycles. The lowest BCUT2D eigenvalue weighted by atomic mass is 9.95. The normalized spacial score (nSPS) is 17.7. The van der Waals surface area contributed by atoms with Crippen molar-refractivity contribution in [3.05, 3.63) is 46.4 Å². The van der Waals surface area contributed by atoms with E-state index in [-0.39, 0.29) is 17.5 Å².